The molecule has 4 N–H and O–H groups in total. The lowest BCUT2D eigenvalue weighted by molar-refractivity contribution is -0.137. The van der Waals surface area contributed by atoms with Gasteiger partial charge >= 0.3 is 11.7 Å². The molecule has 2 rings (SSSR count). The van der Waals surface area contributed by atoms with Crippen LogP contribution in [0.1, 0.15) is 31.9 Å². The number of aliphatic carboxylic acids is 1. The van der Waals surface area contributed by atoms with Crippen LogP contribution in [0.4, 0.5) is 5.82 Å². The van der Waals surface area contributed by atoms with Gasteiger partial charge in [-0.15, -0.1) is 0 Å². The molecule has 12 heteroatoms. The van der Waals surface area contributed by atoms with Crippen LogP contribution in [0.3, 0.4) is 0 Å². The molecule has 2 heterocycles. The zero-order valence-corrected chi connectivity index (χ0v) is 16.7. The van der Waals surface area contributed by atoms with Crippen molar-refractivity contribution in [3.8, 4) is 0 Å². The summed E-state index contributed by atoms with van der Waals surface area (Å²) in [4.78, 5) is 38.3. The van der Waals surface area contributed by atoms with Crippen LogP contribution in [0.5, 0.6) is 0 Å². The smallest absolute Gasteiger partial charge is 0.351 e. The molecule has 10 nitrogen and oxygen atoms in total. The van der Waals surface area contributed by atoms with E-state index in [0.29, 0.717) is 17.9 Å². The summed E-state index contributed by atoms with van der Waals surface area (Å²) < 4.78 is 6.62. The Kier molecular flexibility index (Phi) is 9.25. The van der Waals surface area contributed by atoms with Gasteiger partial charge in [0, 0.05) is 37.0 Å². The van der Waals surface area contributed by atoms with Gasteiger partial charge in [0.25, 0.3) is 0 Å². The third kappa shape index (κ3) is 7.09. The molecule has 156 valence electrons. The number of carbonyl (C=O) groups excluding carboxylic acids is 1. The van der Waals surface area contributed by atoms with Crippen LogP contribution in [-0.2, 0) is 14.3 Å². The van der Waals surface area contributed by atoms with Crippen molar-refractivity contribution in [2.45, 2.75) is 44.1 Å². The first kappa shape index (κ1) is 22.7. The lowest BCUT2D eigenvalue weighted by Crippen LogP contribution is -2.28. The first-order chi connectivity index (χ1) is 13.4. The van der Waals surface area contributed by atoms with Crippen LogP contribution >= 0.6 is 21.6 Å². The predicted molar refractivity (Wildman–Crippen MR) is 105 cm³/mol. The maximum atomic E-state index is 12.1. The minimum absolute atomic E-state index is 0.127. The van der Waals surface area contributed by atoms with E-state index in [9.17, 15) is 19.5 Å². The van der Waals surface area contributed by atoms with Crippen LogP contribution < -0.4 is 11.0 Å². The summed E-state index contributed by atoms with van der Waals surface area (Å²) in [7, 11) is 3.00. The Labute approximate surface area is 169 Å². The van der Waals surface area contributed by atoms with Crippen molar-refractivity contribution >= 4 is 39.3 Å². The van der Waals surface area contributed by atoms with E-state index >= 15 is 0 Å². The second kappa shape index (κ2) is 11.4. The molecule has 1 aliphatic rings. The maximum Gasteiger partial charge on any atom is 0.351 e. The average Bonchev–Trinajstić information content (AvgIpc) is 3.01. The summed E-state index contributed by atoms with van der Waals surface area (Å²) in [6.45, 7) is -0.343. The summed E-state index contributed by atoms with van der Waals surface area (Å²) in [5.74, 6) is 0.284. The summed E-state index contributed by atoms with van der Waals surface area (Å²) in [5, 5.41) is 29.9. The number of carboxylic acid groups (broad SMARTS) is 1. The molecule has 3 atom stereocenters. The number of rotatable bonds is 11. The second-order valence-electron chi connectivity index (χ2n) is 6.06. The number of aromatic nitrogens is 2. The fourth-order valence-electron chi connectivity index (χ4n) is 2.49. The molecule has 3 unspecified atom stereocenters. The number of amides is 1. The summed E-state index contributed by atoms with van der Waals surface area (Å²) in [6.07, 6.45) is 0.228. The average molecular weight is 434 g/mol. The van der Waals surface area contributed by atoms with Crippen molar-refractivity contribution in [2.75, 3.05) is 23.4 Å². The Bertz CT molecular complexity index is 730. The van der Waals surface area contributed by atoms with E-state index in [0.717, 1.165) is 0 Å². The number of hydrogen-bond donors (Lipinski definition) is 4. The van der Waals surface area contributed by atoms with Crippen LogP contribution in [-0.4, -0.2) is 67.1 Å². The van der Waals surface area contributed by atoms with Crippen LogP contribution in [0.15, 0.2) is 17.1 Å². The number of hydrogen-bond acceptors (Lipinski definition) is 9. The highest BCUT2D eigenvalue weighted by Gasteiger charge is 2.34. The van der Waals surface area contributed by atoms with Gasteiger partial charge in [0.2, 0.25) is 5.91 Å². The predicted octanol–water partition coefficient (Wildman–Crippen LogP) is 0.459. The fraction of sp³-hybridized carbons (Fsp3) is 0.625. The highest BCUT2D eigenvalue weighted by atomic mass is 33.1. The lowest BCUT2D eigenvalue weighted by Gasteiger charge is -2.14. The van der Waals surface area contributed by atoms with Crippen molar-refractivity contribution in [3.05, 3.63) is 22.7 Å². The largest absolute Gasteiger partial charge is 0.481 e. The fourth-order valence-corrected chi connectivity index (χ4v) is 4.57. The van der Waals surface area contributed by atoms with Gasteiger partial charge in [0.05, 0.1) is 12.7 Å². The number of aliphatic hydroxyl groups excluding tert-OH is 2. The number of ether oxygens (including phenoxy) is 1. The third-order valence-electron chi connectivity index (χ3n) is 3.91. The van der Waals surface area contributed by atoms with Gasteiger partial charge in [0.15, 0.2) is 0 Å². The first-order valence-electron chi connectivity index (χ1n) is 8.70. The van der Waals surface area contributed by atoms with Gasteiger partial charge in [-0.1, -0.05) is 21.6 Å². The Balaban J connectivity index is 1.74. The van der Waals surface area contributed by atoms with E-state index in [1.54, 1.807) is 0 Å². The molecule has 0 aromatic carbocycles. The van der Waals surface area contributed by atoms with Crippen molar-refractivity contribution in [1.82, 2.24) is 9.55 Å². The second-order valence-corrected chi connectivity index (χ2v) is 8.76. The molecule has 1 aromatic heterocycles. The van der Waals surface area contributed by atoms with Crippen molar-refractivity contribution in [3.63, 3.8) is 0 Å². The summed E-state index contributed by atoms with van der Waals surface area (Å²) >= 11 is 0. The molecule has 0 saturated carbocycles. The van der Waals surface area contributed by atoms with Crippen molar-refractivity contribution < 1.29 is 29.6 Å². The molecular formula is C16H23N3O7S2. The van der Waals surface area contributed by atoms with E-state index in [2.05, 4.69) is 10.3 Å². The first-order valence-corrected chi connectivity index (χ1v) is 11.2. The van der Waals surface area contributed by atoms with Crippen LogP contribution in [0.25, 0.3) is 0 Å². The Morgan fingerprint density at radius 1 is 1.32 bits per heavy atom. The molecule has 1 aromatic rings. The summed E-state index contributed by atoms with van der Waals surface area (Å²) in [5.41, 5.74) is -0.628. The number of carboxylic acids is 1. The standard InChI is InChI=1S/C16H23N3O7S2/c20-9-11-10(21)8-14(26-11)19-5-3-12(18-16(19)25)17-13(22)4-7-28-27-6-1-2-15(23)24/h3,5,10-11,14,20-21H,1-2,4,6-9H2,(H,23,24)(H,17,18,22,25). The van der Waals surface area contributed by atoms with Crippen molar-refractivity contribution in [1.29, 1.82) is 0 Å². The highest BCUT2D eigenvalue weighted by molar-refractivity contribution is 8.76. The van der Waals surface area contributed by atoms with Crippen LogP contribution in [0.2, 0.25) is 0 Å². The molecular weight excluding hydrogens is 410 g/mol. The Morgan fingerprint density at radius 2 is 2.07 bits per heavy atom. The topological polar surface area (TPSA) is 151 Å². The molecule has 0 bridgehead atoms. The zero-order chi connectivity index (χ0) is 20.5. The molecule has 0 spiro atoms. The quantitative estimate of drug-likeness (QED) is 0.286. The van der Waals surface area contributed by atoms with E-state index in [-0.39, 0.29) is 37.6 Å². The summed E-state index contributed by atoms with van der Waals surface area (Å²) in [6, 6.07) is 1.47. The lowest BCUT2D eigenvalue weighted by atomic mass is 10.2. The third-order valence-corrected chi connectivity index (χ3v) is 6.40. The number of carbonyl (C=O) groups is 2. The normalized spacial score (nSPS) is 21.6. The van der Waals surface area contributed by atoms with E-state index in [1.165, 1.54) is 38.4 Å². The SMILES string of the molecule is O=C(O)CCCSSCCC(=O)Nc1ccn(C2CC(O)C(CO)O2)c(=O)n1. The molecule has 1 saturated heterocycles. The molecule has 1 fully saturated rings. The number of nitrogens with one attached hydrogen (secondary N) is 1. The van der Waals surface area contributed by atoms with Gasteiger partial charge < -0.3 is 25.4 Å². The zero-order valence-electron chi connectivity index (χ0n) is 15.0. The van der Waals surface area contributed by atoms with Crippen LogP contribution in [0, 0.1) is 0 Å². The number of nitrogens with zero attached hydrogens (tertiary/aromatic N) is 2. The van der Waals surface area contributed by atoms with Crippen molar-refractivity contribution in [2.24, 2.45) is 0 Å². The van der Waals surface area contributed by atoms with E-state index < -0.39 is 30.1 Å². The molecule has 28 heavy (non-hydrogen) atoms. The Morgan fingerprint density at radius 3 is 2.71 bits per heavy atom. The van der Waals surface area contributed by atoms with Gasteiger partial charge in [-0.25, -0.2) is 4.79 Å². The maximum absolute atomic E-state index is 12.1. The van der Waals surface area contributed by atoms with Gasteiger partial charge in [-0.3, -0.25) is 14.2 Å². The molecule has 1 aliphatic heterocycles. The molecule has 0 radical (unpaired) electrons. The number of anilines is 1. The van der Waals surface area contributed by atoms with Gasteiger partial charge in [-0.2, -0.15) is 4.98 Å². The minimum atomic E-state index is -0.860. The highest BCUT2D eigenvalue weighted by Crippen LogP contribution is 2.27. The Hall–Kier alpha value is -1.60. The monoisotopic (exact) mass is 433 g/mol. The van der Waals surface area contributed by atoms with E-state index in [1.807, 2.05) is 0 Å². The molecule has 1 amide bonds. The minimum Gasteiger partial charge on any atom is -0.481 e. The van der Waals surface area contributed by atoms with Gasteiger partial charge in [0.1, 0.15) is 18.1 Å². The van der Waals surface area contributed by atoms with E-state index in [4.69, 9.17) is 14.9 Å². The number of aliphatic hydroxyl groups is 2. The van der Waals surface area contributed by atoms with Gasteiger partial charge in [-0.05, 0) is 12.5 Å². The molecule has 0 aliphatic carbocycles.